The molecule has 8 nitrogen and oxygen atoms in total. The van der Waals surface area contributed by atoms with Crippen LogP contribution in [0.3, 0.4) is 0 Å². The lowest BCUT2D eigenvalue weighted by atomic mass is 9.93. The summed E-state index contributed by atoms with van der Waals surface area (Å²) < 4.78 is 11.8. The number of amides is 2. The van der Waals surface area contributed by atoms with Crippen molar-refractivity contribution in [1.29, 1.82) is 0 Å². The molecule has 0 saturated heterocycles. The van der Waals surface area contributed by atoms with E-state index in [9.17, 15) is 9.90 Å². The van der Waals surface area contributed by atoms with Gasteiger partial charge in [0.05, 0.1) is 16.8 Å². The van der Waals surface area contributed by atoms with Gasteiger partial charge in [-0.25, -0.2) is 4.79 Å². The van der Waals surface area contributed by atoms with Crippen molar-refractivity contribution >= 4 is 22.7 Å². The number of ether oxygens (including phenoxy) is 1. The number of carbonyl (C=O) groups excluding carboxylic acids is 1. The molecule has 1 aliphatic carbocycles. The number of anilines is 1. The number of nitrogens with two attached hydrogens (primary N) is 1. The number of aromatic nitrogens is 1. The number of rotatable bonds is 11. The number of fused-ring (bicyclic) bond motifs is 1. The zero-order valence-electron chi connectivity index (χ0n) is 19.6. The van der Waals surface area contributed by atoms with E-state index in [-0.39, 0.29) is 18.7 Å². The third-order valence-corrected chi connectivity index (χ3v) is 6.03. The molecule has 1 aliphatic rings. The third-order valence-electron chi connectivity index (χ3n) is 6.03. The van der Waals surface area contributed by atoms with Gasteiger partial charge in [0.1, 0.15) is 18.5 Å². The smallest absolute Gasteiger partial charge is 0.319 e. The van der Waals surface area contributed by atoms with Crippen molar-refractivity contribution in [3.63, 3.8) is 0 Å². The first-order chi connectivity index (χ1) is 15.4. The normalized spacial score (nSPS) is 15.9. The van der Waals surface area contributed by atoms with Crippen molar-refractivity contribution < 1.29 is 19.2 Å². The largest absolute Gasteiger partial charge is 0.490 e. The standard InChI is InChI=1S/C24H38N4O4/c1-4-5-11-19-22-21(31-15-18(29)14-26-16(2)3)13-12-20(23(22)32-27-19)28(24(25)30)17-9-7-6-8-10-17/h12-13,16-18,26,29H,4-11,14-15H2,1-3H3,(H2,25,30). The highest BCUT2D eigenvalue weighted by Crippen LogP contribution is 2.39. The Morgan fingerprint density at radius 2 is 2.09 bits per heavy atom. The summed E-state index contributed by atoms with van der Waals surface area (Å²) in [5.74, 6) is 0.604. The molecule has 2 aromatic rings. The van der Waals surface area contributed by atoms with Crippen molar-refractivity contribution in [2.45, 2.75) is 90.3 Å². The summed E-state index contributed by atoms with van der Waals surface area (Å²) in [6.45, 7) is 6.78. The van der Waals surface area contributed by atoms with Gasteiger partial charge >= 0.3 is 6.03 Å². The van der Waals surface area contributed by atoms with Gasteiger partial charge in [0.15, 0.2) is 5.58 Å². The number of nitrogens with one attached hydrogen (secondary N) is 1. The number of urea groups is 1. The van der Waals surface area contributed by atoms with Crippen molar-refractivity contribution in [3.05, 3.63) is 17.8 Å². The molecule has 1 unspecified atom stereocenters. The molecule has 0 aliphatic heterocycles. The Hall–Kier alpha value is -2.32. The van der Waals surface area contributed by atoms with Crippen LogP contribution in [0.15, 0.2) is 16.7 Å². The summed E-state index contributed by atoms with van der Waals surface area (Å²) in [6, 6.07) is 3.53. The van der Waals surface area contributed by atoms with E-state index in [1.165, 1.54) is 6.42 Å². The first kappa shape index (κ1) is 24.3. The molecule has 0 bridgehead atoms. The molecule has 178 valence electrons. The van der Waals surface area contributed by atoms with Gasteiger partial charge in [-0.15, -0.1) is 0 Å². The second-order valence-electron chi connectivity index (χ2n) is 9.05. The molecule has 1 aromatic carbocycles. The number of unbranched alkanes of at least 4 members (excludes halogenated alkanes) is 1. The van der Waals surface area contributed by atoms with Crippen LogP contribution in [0.2, 0.25) is 0 Å². The minimum atomic E-state index is -0.643. The van der Waals surface area contributed by atoms with Crippen LogP contribution in [-0.4, -0.2) is 47.6 Å². The zero-order valence-corrected chi connectivity index (χ0v) is 19.6. The number of aliphatic hydroxyl groups excluding tert-OH is 1. The maximum Gasteiger partial charge on any atom is 0.319 e. The Morgan fingerprint density at radius 3 is 2.75 bits per heavy atom. The summed E-state index contributed by atoms with van der Waals surface area (Å²) in [5.41, 5.74) is 7.80. The maximum atomic E-state index is 12.5. The Labute approximate surface area is 190 Å². The molecular weight excluding hydrogens is 408 g/mol. The number of hydrogen-bond donors (Lipinski definition) is 3. The molecule has 2 amide bonds. The zero-order chi connectivity index (χ0) is 23.1. The summed E-state index contributed by atoms with van der Waals surface area (Å²) in [4.78, 5) is 14.1. The van der Waals surface area contributed by atoms with Crippen molar-refractivity contribution in [3.8, 4) is 5.75 Å². The molecule has 8 heteroatoms. The van der Waals surface area contributed by atoms with Gasteiger partial charge < -0.3 is 25.4 Å². The summed E-state index contributed by atoms with van der Waals surface area (Å²) in [6.07, 6.45) is 7.30. The average Bonchev–Trinajstić information content (AvgIpc) is 3.20. The first-order valence-corrected chi connectivity index (χ1v) is 12.0. The molecule has 1 heterocycles. The number of hydrogen-bond acceptors (Lipinski definition) is 6. The predicted molar refractivity (Wildman–Crippen MR) is 126 cm³/mol. The van der Waals surface area contributed by atoms with Crippen LogP contribution in [0.25, 0.3) is 11.0 Å². The predicted octanol–water partition coefficient (Wildman–Crippen LogP) is 4.13. The van der Waals surface area contributed by atoms with Crippen LogP contribution in [0.4, 0.5) is 10.5 Å². The molecule has 4 N–H and O–H groups in total. The van der Waals surface area contributed by atoms with Gasteiger partial charge in [0.25, 0.3) is 0 Å². The van der Waals surface area contributed by atoms with Gasteiger partial charge in [-0.3, -0.25) is 4.90 Å². The van der Waals surface area contributed by atoms with E-state index in [0.717, 1.165) is 56.0 Å². The monoisotopic (exact) mass is 446 g/mol. The highest BCUT2D eigenvalue weighted by molar-refractivity contribution is 6.03. The lowest BCUT2D eigenvalue weighted by Gasteiger charge is -2.33. The van der Waals surface area contributed by atoms with Crippen LogP contribution in [0.5, 0.6) is 5.75 Å². The fraction of sp³-hybridized carbons (Fsp3) is 0.667. The number of carbonyl (C=O) groups is 1. The Balaban J connectivity index is 1.93. The van der Waals surface area contributed by atoms with Crippen molar-refractivity contribution in [1.82, 2.24) is 10.5 Å². The lowest BCUT2D eigenvalue weighted by molar-refractivity contribution is 0.105. The van der Waals surface area contributed by atoms with E-state index in [2.05, 4.69) is 17.4 Å². The van der Waals surface area contributed by atoms with Gasteiger partial charge in [-0.2, -0.15) is 0 Å². The van der Waals surface area contributed by atoms with E-state index in [1.54, 1.807) is 4.90 Å². The number of nitrogens with zero attached hydrogens (tertiary/aromatic N) is 2. The Bertz CT molecular complexity index is 876. The number of benzene rings is 1. The van der Waals surface area contributed by atoms with E-state index in [0.29, 0.717) is 23.6 Å². The molecule has 0 radical (unpaired) electrons. The van der Waals surface area contributed by atoms with Crippen LogP contribution in [0.1, 0.15) is 71.4 Å². The minimum Gasteiger partial charge on any atom is -0.490 e. The minimum absolute atomic E-state index is 0.0596. The second-order valence-corrected chi connectivity index (χ2v) is 9.05. The quantitative estimate of drug-likeness (QED) is 0.478. The van der Waals surface area contributed by atoms with Crippen LogP contribution < -0.4 is 20.7 Å². The average molecular weight is 447 g/mol. The van der Waals surface area contributed by atoms with E-state index in [1.807, 2.05) is 26.0 Å². The molecule has 32 heavy (non-hydrogen) atoms. The fourth-order valence-electron chi connectivity index (χ4n) is 4.34. The SMILES string of the molecule is CCCCc1noc2c(N(C(N)=O)C3CCCCC3)ccc(OCC(O)CNC(C)C)c12. The number of primary amides is 1. The van der Waals surface area contributed by atoms with Crippen molar-refractivity contribution in [2.75, 3.05) is 18.1 Å². The number of aliphatic hydroxyl groups is 1. The molecule has 0 spiro atoms. The van der Waals surface area contributed by atoms with Gasteiger partial charge in [0.2, 0.25) is 0 Å². The molecule has 1 aromatic heterocycles. The van der Waals surface area contributed by atoms with E-state index >= 15 is 0 Å². The van der Waals surface area contributed by atoms with E-state index < -0.39 is 12.1 Å². The lowest BCUT2D eigenvalue weighted by Crippen LogP contribution is -2.44. The third kappa shape index (κ3) is 5.92. The summed E-state index contributed by atoms with van der Waals surface area (Å²) in [7, 11) is 0. The second kappa shape index (κ2) is 11.5. The highest BCUT2D eigenvalue weighted by atomic mass is 16.5. The maximum absolute atomic E-state index is 12.5. The fourth-order valence-corrected chi connectivity index (χ4v) is 4.34. The van der Waals surface area contributed by atoms with Crippen molar-refractivity contribution in [2.24, 2.45) is 5.73 Å². The Morgan fingerprint density at radius 1 is 1.34 bits per heavy atom. The molecule has 1 fully saturated rings. The van der Waals surface area contributed by atoms with E-state index in [4.69, 9.17) is 15.0 Å². The summed E-state index contributed by atoms with van der Waals surface area (Å²) >= 11 is 0. The van der Waals surface area contributed by atoms with Crippen LogP contribution in [-0.2, 0) is 6.42 Å². The van der Waals surface area contributed by atoms with Gasteiger partial charge in [0, 0.05) is 18.6 Å². The van der Waals surface area contributed by atoms with Gasteiger partial charge in [-0.05, 0) is 37.8 Å². The summed E-state index contributed by atoms with van der Waals surface area (Å²) in [5, 5.41) is 18.6. The highest BCUT2D eigenvalue weighted by Gasteiger charge is 2.29. The molecule has 1 saturated carbocycles. The topological polar surface area (TPSA) is 114 Å². The Kier molecular flexibility index (Phi) is 8.75. The first-order valence-electron chi connectivity index (χ1n) is 12.0. The molecule has 1 atom stereocenters. The number of aryl methyl sites for hydroxylation is 1. The molecule has 3 rings (SSSR count). The van der Waals surface area contributed by atoms with Crippen LogP contribution >= 0.6 is 0 Å². The van der Waals surface area contributed by atoms with Gasteiger partial charge in [-0.1, -0.05) is 51.6 Å². The van der Waals surface area contributed by atoms with Crippen LogP contribution in [0, 0.1) is 0 Å². The molecular formula is C24H38N4O4.